The molecule has 20 heavy (non-hydrogen) atoms. The molecule has 0 bridgehead atoms. The predicted molar refractivity (Wildman–Crippen MR) is 75.7 cm³/mol. The highest BCUT2D eigenvalue weighted by Gasteiger charge is 2.35. The number of sulfonamides is 1. The Hall–Kier alpha value is -1.53. The van der Waals surface area contributed by atoms with Crippen LogP contribution in [0.15, 0.2) is 27.6 Å². The molecule has 2 heterocycles. The lowest BCUT2D eigenvalue weighted by Gasteiger charge is -2.19. The molecule has 0 saturated heterocycles. The van der Waals surface area contributed by atoms with Crippen molar-refractivity contribution in [2.24, 2.45) is 0 Å². The Morgan fingerprint density at radius 2 is 2.10 bits per heavy atom. The quantitative estimate of drug-likeness (QED) is 0.855. The van der Waals surface area contributed by atoms with Crippen LogP contribution >= 0.6 is 11.6 Å². The Labute approximate surface area is 122 Å². The van der Waals surface area contributed by atoms with Crippen molar-refractivity contribution in [2.45, 2.75) is 25.2 Å². The lowest BCUT2D eigenvalue weighted by Crippen LogP contribution is -2.29. The van der Waals surface area contributed by atoms with Crippen LogP contribution < -0.4 is 4.31 Å². The van der Waals surface area contributed by atoms with E-state index in [9.17, 15) is 8.42 Å². The molecule has 0 atom stereocenters. The van der Waals surface area contributed by atoms with Gasteiger partial charge in [0.1, 0.15) is 5.69 Å². The normalized spacial score (nSPS) is 14.7. The van der Waals surface area contributed by atoms with Gasteiger partial charge in [-0.2, -0.15) is 0 Å². The number of aryl methyl sites for hydroxylation is 2. The van der Waals surface area contributed by atoms with Crippen molar-refractivity contribution in [3.05, 3.63) is 40.2 Å². The summed E-state index contributed by atoms with van der Waals surface area (Å²) in [5, 5.41) is 4.33. The van der Waals surface area contributed by atoms with Gasteiger partial charge in [0, 0.05) is 11.6 Å². The zero-order valence-corrected chi connectivity index (χ0v) is 12.6. The van der Waals surface area contributed by atoms with Crippen molar-refractivity contribution in [1.29, 1.82) is 0 Å². The van der Waals surface area contributed by atoms with Crippen molar-refractivity contribution in [3.63, 3.8) is 0 Å². The maximum absolute atomic E-state index is 12.8. The Bertz CT molecular complexity index is 763. The summed E-state index contributed by atoms with van der Waals surface area (Å²) in [6.45, 7) is 3.63. The second-order valence-electron chi connectivity index (χ2n) is 4.75. The molecule has 0 spiro atoms. The van der Waals surface area contributed by atoms with Crippen molar-refractivity contribution in [3.8, 4) is 0 Å². The van der Waals surface area contributed by atoms with Gasteiger partial charge in [0.25, 0.3) is 10.0 Å². The lowest BCUT2D eigenvalue weighted by atomic mass is 10.2. The minimum atomic E-state index is -3.65. The first-order valence-electron chi connectivity index (χ1n) is 6.15. The van der Waals surface area contributed by atoms with Crippen LogP contribution in [0.2, 0.25) is 5.02 Å². The van der Waals surface area contributed by atoms with Crippen molar-refractivity contribution in [1.82, 2.24) is 5.16 Å². The molecule has 0 saturated carbocycles. The number of fused-ring (bicyclic) bond motifs is 1. The minimum absolute atomic E-state index is 0.153. The number of rotatable bonds is 2. The molecule has 1 aliphatic heterocycles. The van der Waals surface area contributed by atoms with Crippen LogP contribution in [0.3, 0.4) is 0 Å². The Morgan fingerprint density at radius 1 is 1.35 bits per heavy atom. The van der Waals surface area contributed by atoms with Gasteiger partial charge < -0.3 is 4.52 Å². The zero-order chi connectivity index (χ0) is 14.5. The molecule has 2 aromatic rings. The summed E-state index contributed by atoms with van der Waals surface area (Å²) in [6, 6.07) is 5.24. The first kappa shape index (κ1) is 13.5. The largest absolute Gasteiger partial charge is 0.360 e. The fraction of sp³-hybridized carbons (Fsp3) is 0.308. The molecule has 3 rings (SSSR count). The number of hydrogen-bond donors (Lipinski definition) is 0. The molecule has 1 aromatic heterocycles. The monoisotopic (exact) mass is 312 g/mol. The molecule has 0 fully saturated rings. The average molecular weight is 313 g/mol. The maximum atomic E-state index is 12.8. The van der Waals surface area contributed by atoms with Crippen LogP contribution in [0.1, 0.15) is 17.0 Å². The SMILES string of the molecule is Cc1noc(C)c1S(=O)(=O)N1CCc2cc(Cl)ccc21. The van der Waals surface area contributed by atoms with E-state index < -0.39 is 10.0 Å². The van der Waals surface area contributed by atoms with Gasteiger partial charge in [0.2, 0.25) is 0 Å². The van der Waals surface area contributed by atoms with Gasteiger partial charge in [-0.1, -0.05) is 16.8 Å². The van der Waals surface area contributed by atoms with E-state index in [0.29, 0.717) is 35.1 Å². The smallest absolute Gasteiger partial charge is 0.269 e. The van der Waals surface area contributed by atoms with Gasteiger partial charge in [0.05, 0.1) is 5.69 Å². The standard InChI is InChI=1S/C13H13ClN2O3S/c1-8-13(9(2)19-15-8)20(17,18)16-6-5-10-7-11(14)3-4-12(10)16/h3-4,7H,5-6H2,1-2H3. The van der Waals surface area contributed by atoms with E-state index in [2.05, 4.69) is 5.16 Å². The maximum Gasteiger partial charge on any atom is 0.269 e. The highest BCUT2D eigenvalue weighted by atomic mass is 35.5. The fourth-order valence-corrected chi connectivity index (χ4v) is 4.54. The molecule has 0 aliphatic carbocycles. The first-order chi connectivity index (χ1) is 9.41. The molecular formula is C13H13ClN2O3S. The summed E-state index contributed by atoms with van der Waals surface area (Å²) < 4.78 is 31.9. The summed E-state index contributed by atoms with van der Waals surface area (Å²) in [5.41, 5.74) is 1.99. The molecule has 0 amide bonds. The van der Waals surface area contributed by atoms with E-state index in [4.69, 9.17) is 16.1 Å². The summed E-state index contributed by atoms with van der Waals surface area (Å²) in [4.78, 5) is 0.153. The van der Waals surface area contributed by atoms with E-state index in [1.54, 1.807) is 32.0 Å². The third-order valence-electron chi connectivity index (χ3n) is 3.41. The summed E-state index contributed by atoms with van der Waals surface area (Å²) >= 11 is 5.94. The van der Waals surface area contributed by atoms with Crippen molar-refractivity contribution in [2.75, 3.05) is 10.8 Å². The lowest BCUT2D eigenvalue weighted by molar-refractivity contribution is 0.390. The zero-order valence-electron chi connectivity index (χ0n) is 11.1. The van der Waals surface area contributed by atoms with Gasteiger partial charge in [0.15, 0.2) is 10.7 Å². The summed E-state index contributed by atoms with van der Waals surface area (Å²) in [6.07, 6.45) is 0.651. The van der Waals surface area contributed by atoms with Crippen LogP contribution in [-0.4, -0.2) is 20.1 Å². The predicted octanol–water partition coefficient (Wildman–Crippen LogP) is 2.70. The fourth-order valence-electron chi connectivity index (χ4n) is 2.54. The van der Waals surface area contributed by atoms with E-state index in [-0.39, 0.29) is 4.90 Å². The van der Waals surface area contributed by atoms with E-state index in [1.807, 2.05) is 0 Å². The van der Waals surface area contributed by atoms with Crippen molar-refractivity contribution >= 4 is 27.3 Å². The third kappa shape index (κ3) is 1.91. The second-order valence-corrected chi connectivity index (χ2v) is 6.99. The number of nitrogens with zero attached hydrogens (tertiary/aromatic N) is 2. The highest BCUT2D eigenvalue weighted by Crippen LogP contribution is 2.35. The van der Waals surface area contributed by atoms with Crippen LogP contribution in [0.4, 0.5) is 5.69 Å². The molecular weight excluding hydrogens is 300 g/mol. The Morgan fingerprint density at radius 3 is 2.75 bits per heavy atom. The van der Waals surface area contributed by atoms with Crippen LogP contribution in [0.25, 0.3) is 0 Å². The molecule has 7 heteroatoms. The van der Waals surface area contributed by atoms with Gasteiger partial charge in [-0.15, -0.1) is 0 Å². The number of halogens is 1. The number of aromatic nitrogens is 1. The number of benzene rings is 1. The third-order valence-corrected chi connectivity index (χ3v) is 5.70. The number of hydrogen-bond acceptors (Lipinski definition) is 4. The second kappa shape index (κ2) is 4.49. The van der Waals surface area contributed by atoms with Gasteiger partial charge in [-0.05, 0) is 44.0 Å². The van der Waals surface area contributed by atoms with E-state index >= 15 is 0 Å². The highest BCUT2D eigenvalue weighted by molar-refractivity contribution is 7.93. The average Bonchev–Trinajstić information content (AvgIpc) is 2.93. The van der Waals surface area contributed by atoms with Gasteiger partial charge >= 0.3 is 0 Å². The van der Waals surface area contributed by atoms with Gasteiger partial charge in [-0.3, -0.25) is 4.31 Å². The van der Waals surface area contributed by atoms with Crippen LogP contribution in [0.5, 0.6) is 0 Å². The number of anilines is 1. The minimum Gasteiger partial charge on any atom is -0.360 e. The molecule has 1 aliphatic rings. The van der Waals surface area contributed by atoms with E-state index in [1.165, 1.54) is 4.31 Å². The Kier molecular flexibility index (Phi) is 3.02. The van der Waals surface area contributed by atoms with Gasteiger partial charge in [-0.25, -0.2) is 8.42 Å². The van der Waals surface area contributed by atoms with Crippen molar-refractivity contribution < 1.29 is 12.9 Å². The molecule has 0 unspecified atom stereocenters. The van der Waals surface area contributed by atoms with Crippen LogP contribution in [-0.2, 0) is 16.4 Å². The first-order valence-corrected chi connectivity index (χ1v) is 7.97. The molecule has 106 valence electrons. The van der Waals surface area contributed by atoms with E-state index in [0.717, 1.165) is 5.56 Å². The summed E-state index contributed by atoms with van der Waals surface area (Å²) in [7, 11) is -3.65. The Balaban J connectivity index is 2.12. The molecule has 0 radical (unpaired) electrons. The molecule has 1 aromatic carbocycles. The molecule has 5 nitrogen and oxygen atoms in total. The van der Waals surface area contributed by atoms with Crippen LogP contribution in [0, 0.1) is 13.8 Å². The molecule has 0 N–H and O–H groups in total. The summed E-state index contributed by atoms with van der Waals surface area (Å²) in [5.74, 6) is 0.310. The topological polar surface area (TPSA) is 63.4 Å².